The van der Waals surface area contributed by atoms with E-state index in [1.165, 1.54) is 0 Å². The van der Waals surface area contributed by atoms with Crippen LogP contribution < -0.4 is 5.32 Å². The van der Waals surface area contributed by atoms with Gasteiger partial charge in [-0.3, -0.25) is 0 Å². The third-order valence-corrected chi connectivity index (χ3v) is 3.00. The van der Waals surface area contributed by atoms with Crippen molar-refractivity contribution in [2.75, 3.05) is 13.7 Å². The van der Waals surface area contributed by atoms with Gasteiger partial charge >= 0.3 is 0 Å². The van der Waals surface area contributed by atoms with Crippen LogP contribution in [0.5, 0.6) is 0 Å². The zero-order valence-electron chi connectivity index (χ0n) is 9.82. The summed E-state index contributed by atoms with van der Waals surface area (Å²) in [6, 6.07) is 0. The minimum Gasteiger partial charge on any atom is -0.483 e. The molecular weight excluding hydrogens is 162 g/mol. The minimum absolute atomic E-state index is 0.217. The predicted octanol–water partition coefficient (Wildman–Crippen LogP) is 2.77. The summed E-state index contributed by atoms with van der Waals surface area (Å²) in [4.78, 5) is 0. The largest absolute Gasteiger partial charge is 0.483 e. The quantitative estimate of drug-likeness (QED) is 0.680. The Labute approximate surface area is 82.4 Å². The molecule has 0 unspecified atom stereocenters. The van der Waals surface area contributed by atoms with Crippen LogP contribution in [0, 0.1) is 10.8 Å². The number of rotatable bonds is 4. The van der Waals surface area contributed by atoms with Gasteiger partial charge < -0.3 is 10.1 Å². The zero-order chi connectivity index (χ0) is 10.7. The van der Waals surface area contributed by atoms with E-state index in [9.17, 15) is 0 Å². The first-order valence-corrected chi connectivity index (χ1v) is 4.67. The summed E-state index contributed by atoms with van der Waals surface area (Å²) in [5, 5.41) is 3.16. The van der Waals surface area contributed by atoms with Crippen LogP contribution in [0.1, 0.15) is 34.6 Å². The maximum absolute atomic E-state index is 4.95. The van der Waals surface area contributed by atoms with Gasteiger partial charge in [-0.05, 0) is 17.4 Å². The van der Waals surface area contributed by atoms with E-state index in [-0.39, 0.29) is 10.8 Å². The molecule has 1 N–H and O–H groups in total. The van der Waals surface area contributed by atoms with E-state index in [0.29, 0.717) is 5.88 Å². The Hall–Kier alpha value is -0.660. The summed E-state index contributed by atoms with van der Waals surface area (Å²) in [6.45, 7) is 15.8. The lowest BCUT2D eigenvalue weighted by Gasteiger charge is -2.39. The molecule has 0 saturated heterocycles. The van der Waals surface area contributed by atoms with Crippen LogP contribution in [0.15, 0.2) is 12.5 Å². The third-order valence-electron chi connectivity index (χ3n) is 3.00. The zero-order valence-corrected chi connectivity index (χ0v) is 9.82. The standard InChI is InChI=1S/C11H23NO/c1-9(13-7)12-8-11(5,6)10(2,3)4/h12H,1,8H2,2-7H3. The van der Waals surface area contributed by atoms with Crippen LogP contribution in [0.3, 0.4) is 0 Å². The highest BCUT2D eigenvalue weighted by atomic mass is 16.5. The molecule has 0 radical (unpaired) electrons. The Kier molecular flexibility index (Phi) is 3.83. The van der Waals surface area contributed by atoms with Crippen molar-refractivity contribution in [1.82, 2.24) is 5.32 Å². The molecule has 0 aromatic carbocycles. The highest BCUT2D eigenvalue weighted by Crippen LogP contribution is 2.37. The lowest BCUT2D eigenvalue weighted by atomic mass is 9.69. The average molecular weight is 185 g/mol. The summed E-state index contributed by atoms with van der Waals surface area (Å²) in [5.74, 6) is 0.636. The Bertz CT molecular complexity index is 177. The lowest BCUT2D eigenvalue weighted by molar-refractivity contribution is 0.123. The van der Waals surface area contributed by atoms with Gasteiger partial charge in [0.25, 0.3) is 0 Å². The van der Waals surface area contributed by atoms with Crippen LogP contribution in [-0.4, -0.2) is 13.7 Å². The van der Waals surface area contributed by atoms with E-state index in [1.54, 1.807) is 7.11 Å². The Morgan fingerprint density at radius 2 is 1.69 bits per heavy atom. The SMILES string of the molecule is C=C(NCC(C)(C)C(C)(C)C)OC. The summed E-state index contributed by atoms with van der Waals surface area (Å²) >= 11 is 0. The van der Waals surface area contributed by atoms with E-state index in [2.05, 4.69) is 46.5 Å². The van der Waals surface area contributed by atoms with E-state index in [1.807, 2.05) is 0 Å². The van der Waals surface area contributed by atoms with Crippen LogP contribution >= 0.6 is 0 Å². The van der Waals surface area contributed by atoms with E-state index >= 15 is 0 Å². The van der Waals surface area contributed by atoms with Gasteiger partial charge in [0.15, 0.2) is 5.88 Å². The van der Waals surface area contributed by atoms with Gasteiger partial charge in [0.2, 0.25) is 0 Å². The molecule has 78 valence electrons. The fourth-order valence-electron chi connectivity index (χ4n) is 0.657. The van der Waals surface area contributed by atoms with E-state index in [0.717, 1.165) is 6.54 Å². The Balaban J connectivity index is 4.12. The first-order valence-electron chi connectivity index (χ1n) is 4.67. The van der Waals surface area contributed by atoms with Crippen molar-refractivity contribution in [3.8, 4) is 0 Å². The molecule has 13 heavy (non-hydrogen) atoms. The van der Waals surface area contributed by atoms with Crippen LogP contribution in [0.2, 0.25) is 0 Å². The molecule has 2 heteroatoms. The second-order valence-electron chi connectivity index (χ2n) is 5.11. The van der Waals surface area contributed by atoms with Crippen LogP contribution in [0.25, 0.3) is 0 Å². The van der Waals surface area contributed by atoms with Crippen molar-refractivity contribution in [3.05, 3.63) is 12.5 Å². The molecule has 0 aliphatic carbocycles. The maximum Gasteiger partial charge on any atom is 0.178 e. The number of hydrogen-bond acceptors (Lipinski definition) is 2. The van der Waals surface area contributed by atoms with E-state index < -0.39 is 0 Å². The van der Waals surface area contributed by atoms with Gasteiger partial charge in [0.1, 0.15) is 0 Å². The summed E-state index contributed by atoms with van der Waals surface area (Å²) < 4.78 is 4.95. The van der Waals surface area contributed by atoms with Crippen molar-refractivity contribution in [1.29, 1.82) is 0 Å². The molecule has 0 aromatic heterocycles. The topological polar surface area (TPSA) is 21.3 Å². The molecule has 0 aliphatic heterocycles. The number of ether oxygens (including phenoxy) is 1. The van der Waals surface area contributed by atoms with Crippen LogP contribution in [0.4, 0.5) is 0 Å². The molecule has 0 fully saturated rings. The van der Waals surface area contributed by atoms with Crippen molar-refractivity contribution < 1.29 is 4.74 Å². The fourth-order valence-corrected chi connectivity index (χ4v) is 0.657. The molecule has 0 rings (SSSR count). The third kappa shape index (κ3) is 3.71. The van der Waals surface area contributed by atoms with Crippen molar-refractivity contribution in [2.24, 2.45) is 10.8 Å². The van der Waals surface area contributed by atoms with Crippen molar-refractivity contribution >= 4 is 0 Å². The Morgan fingerprint density at radius 1 is 1.23 bits per heavy atom. The van der Waals surface area contributed by atoms with Gasteiger partial charge in [0.05, 0.1) is 7.11 Å². The van der Waals surface area contributed by atoms with Gasteiger partial charge in [0, 0.05) is 6.54 Å². The highest BCUT2D eigenvalue weighted by molar-refractivity contribution is 4.88. The van der Waals surface area contributed by atoms with Crippen molar-refractivity contribution in [3.63, 3.8) is 0 Å². The molecule has 0 atom stereocenters. The second kappa shape index (κ2) is 4.03. The predicted molar refractivity (Wildman–Crippen MR) is 57.4 cm³/mol. The number of nitrogens with one attached hydrogen (secondary N) is 1. The molecule has 0 spiro atoms. The summed E-state index contributed by atoms with van der Waals surface area (Å²) in [7, 11) is 1.62. The summed E-state index contributed by atoms with van der Waals surface area (Å²) in [5.41, 5.74) is 0.489. The maximum atomic E-state index is 4.95. The molecule has 2 nitrogen and oxygen atoms in total. The highest BCUT2D eigenvalue weighted by Gasteiger charge is 2.32. The monoisotopic (exact) mass is 185 g/mol. The lowest BCUT2D eigenvalue weighted by Crippen LogP contribution is -2.39. The second-order valence-corrected chi connectivity index (χ2v) is 5.11. The first-order chi connectivity index (χ1) is 5.70. The Morgan fingerprint density at radius 3 is 2.00 bits per heavy atom. The summed E-state index contributed by atoms with van der Waals surface area (Å²) in [6.07, 6.45) is 0. The van der Waals surface area contributed by atoms with Gasteiger partial charge in [-0.1, -0.05) is 34.6 Å². The van der Waals surface area contributed by atoms with Crippen molar-refractivity contribution in [2.45, 2.75) is 34.6 Å². The van der Waals surface area contributed by atoms with Crippen LogP contribution in [-0.2, 0) is 4.74 Å². The minimum atomic E-state index is 0.217. The number of hydrogen-bond donors (Lipinski definition) is 1. The van der Waals surface area contributed by atoms with Gasteiger partial charge in [-0.2, -0.15) is 0 Å². The first kappa shape index (κ1) is 12.3. The average Bonchev–Trinajstić information content (AvgIpc) is 1.98. The molecule has 0 saturated carbocycles. The molecule has 0 amide bonds. The number of methoxy groups -OCH3 is 1. The van der Waals surface area contributed by atoms with E-state index in [4.69, 9.17) is 4.74 Å². The molecular formula is C11H23NO. The molecule has 0 aliphatic rings. The van der Waals surface area contributed by atoms with Gasteiger partial charge in [-0.25, -0.2) is 0 Å². The van der Waals surface area contributed by atoms with Gasteiger partial charge in [-0.15, -0.1) is 0 Å². The molecule has 0 heterocycles. The fraction of sp³-hybridized carbons (Fsp3) is 0.818. The normalized spacial score (nSPS) is 12.5. The molecule has 0 bridgehead atoms. The smallest absolute Gasteiger partial charge is 0.178 e. The molecule has 0 aromatic rings.